The van der Waals surface area contributed by atoms with Gasteiger partial charge in [-0.3, -0.25) is 4.68 Å². The molecule has 0 bridgehead atoms. The Balaban J connectivity index is 1.24. The topological polar surface area (TPSA) is 102 Å². The van der Waals surface area contributed by atoms with Gasteiger partial charge in [0.1, 0.15) is 18.0 Å². The Hall–Kier alpha value is -3.30. The van der Waals surface area contributed by atoms with E-state index >= 15 is 0 Å². The number of hydrogen-bond donors (Lipinski definition) is 1. The minimum atomic E-state index is 0.538. The van der Waals surface area contributed by atoms with Crippen molar-refractivity contribution in [3.8, 4) is 0 Å². The molecule has 0 amide bonds. The lowest BCUT2D eigenvalue weighted by atomic mass is 10.0. The first kappa shape index (κ1) is 15.0. The molecule has 132 valence electrons. The molecule has 0 atom stereocenters. The zero-order chi connectivity index (χ0) is 17.7. The molecule has 10 nitrogen and oxygen atoms in total. The van der Waals surface area contributed by atoms with Gasteiger partial charge >= 0.3 is 0 Å². The molecular formula is C16H18N10. The second kappa shape index (κ2) is 5.61. The van der Waals surface area contributed by atoms with Crippen molar-refractivity contribution in [1.29, 1.82) is 0 Å². The lowest BCUT2D eigenvalue weighted by Crippen LogP contribution is -2.50. The van der Waals surface area contributed by atoms with Crippen LogP contribution in [0.25, 0.3) is 16.7 Å². The van der Waals surface area contributed by atoms with Crippen LogP contribution in [-0.4, -0.2) is 59.2 Å². The van der Waals surface area contributed by atoms with Gasteiger partial charge in [-0.1, -0.05) is 0 Å². The van der Waals surface area contributed by atoms with Gasteiger partial charge in [-0.2, -0.15) is 9.61 Å². The highest BCUT2D eigenvalue weighted by Crippen LogP contribution is 2.24. The highest BCUT2D eigenvalue weighted by atomic mass is 15.4. The van der Waals surface area contributed by atoms with Crippen molar-refractivity contribution in [2.24, 2.45) is 13.0 Å². The van der Waals surface area contributed by atoms with Gasteiger partial charge < -0.3 is 10.2 Å². The molecule has 1 saturated heterocycles. The number of nitrogens with one attached hydrogen (secondary N) is 1. The molecule has 4 aromatic heterocycles. The van der Waals surface area contributed by atoms with E-state index in [0.717, 1.165) is 48.1 Å². The van der Waals surface area contributed by atoms with Gasteiger partial charge in [0.15, 0.2) is 17.1 Å². The molecule has 5 rings (SSSR count). The molecule has 1 N–H and O–H groups in total. The molecule has 1 fully saturated rings. The van der Waals surface area contributed by atoms with E-state index in [4.69, 9.17) is 0 Å². The highest BCUT2D eigenvalue weighted by molar-refractivity contribution is 5.85. The Bertz CT molecular complexity index is 1090. The van der Waals surface area contributed by atoms with Gasteiger partial charge in [-0.15, -0.1) is 15.3 Å². The Morgan fingerprint density at radius 3 is 2.92 bits per heavy atom. The van der Waals surface area contributed by atoms with Crippen molar-refractivity contribution >= 4 is 28.3 Å². The fourth-order valence-corrected chi connectivity index (χ4v) is 3.27. The molecule has 10 heteroatoms. The number of aryl methyl sites for hydroxylation is 2. The number of fused-ring (bicyclic) bond motifs is 2. The first-order chi connectivity index (χ1) is 12.7. The van der Waals surface area contributed by atoms with Crippen molar-refractivity contribution in [2.45, 2.75) is 6.92 Å². The molecule has 26 heavy (non-hydrogen) atoms. The molecule has 0 spiro atoms. The molecule has 0 radical (unpaired) electrons. The number of anilines is 2. The van der Waals surface area contributed by atoms with Crippen molar-refractivity contribution < 1.29 is 0 Å². The van der Waals surface area contributed by atoms with E-state index in [2.05, 4.69) is 40.6 Å². The van der Waals surface area contributed by atoms with E-state index in [-0.39, 0.29) is 0 Å². The largest absolute Gasteiger partial charge is 0.369 e. The third kappa shape index (κ3) is 2.41. The van der Waals surface area contributed by atoms with Crippen LogP contribution in [0.1, 0.15) is 5.82 Å². The maximum Gasteiger partial charge on any atom is 0.186 e. The first-order valence-electron chi connectivity index (χ1n) is 8.49. The summed E-state index contributed by atoms with van der Waals surface area (Å²) in [6.07, 6.45) is 3.48. The van der Waals surface area contributed by atoms with Gasteiger partial charge in [0.05, 0.1) is 5.39 Å². The van der Waals surface area contributed by atoms with Crippen molar-refractivity contribution in [3.05, 3.63) is 30.5 Å². The summed E-state index contributed by atoms with van der Waals surface area (Å²) in [4.78, 5) is 10.8. The van der Waals surface area contributed by atoms with Gasteiger partial charge in [-0.05, 0) is 19.1 Å². The predicted octanol–water partition coefficient (Wildman–Crippen LogP) is 0.658. The van der Waals surface area contributed by atoms with Gasteiger partial charge in [0.2, 0.25) is 0 Å². The summed E-state index contributed by atoms with van der Waals surface area (Å²) in [5, 5.41) is 21.4. The number of nitrogens with zero attached hydrogens (tertiary/aromatic N) is 9. The van der Waals surface area contributed by atoms with Crippen LogP contribution in [0.15, 0.2) is 24.7 Å². The molecule has 1 aliphatic rings. The second-order valence-corrected chi connectivity index (χ2v) is 6.62. The fourth-order valence-electron chi connectivity index (χ4n) is 3.27. The molecule has 0 aromatic carbocycles. The van der Waals surface area contributed by atoms with Crippen LogP contribution in [0.4, 0.5) is 11.6 Å². The number of rotatable bonds is 4. The van der Waals surface area contributed by atoms with Crippen LogP contribution in [0.2, 0.25) is 0 Å². The summed E-state index contributed by atoms with van der Waals surface area (Å²) >= 11 is 0. The lowest BCUT2D eigenvalue weighted by molar-refractivity contribution is 0.424. The Morgan fingerprint density at radius 1 is 1.15 bits per heavy atom. The Labute approximate surface area is 148 Å². The summed E-state index contributed by atoms with van der Waals surface area (Å²) in [6.45, 7) is 4.66. The minimum absolute atomic E-state index is 0.538. The number of aromatic nitrogens is 8. The maximum absolute atomic E-state index is 4.62. The van der Waals surface area contributed by atoms with Crippen LogP contribution in [0.3, 0.4) is 0 Å². The smallest absolute Gasteiger partial charge is 0.186 e. The van der Waals surface area contributed by atoms with Crippen molar-refractivity contribution in [1.82, 2.24) is 39.6 Å². The van der Waals surface area contributed by atoms with Crippen molar-refractivity contribution in [3.63, 3.8) is 0 Å². The third-order valence-corrected chi connectivity index (χ3v) is 4.68. The van der Waals surface area contributed by atoms with Crippen LogP contribution in [-0.2, 0) is 7.05 Å². The van der Waals surface area contributed by atoms with Crippen LogP contribution >= 0.6 is 0 Å². The molecule has 4 aromatic rings. The molecule has 1 aliphatic heterocycles. The predicted molar refractivity (Wildman–Crippen MR) is 96.0 cm³/mol. The minimum Gasteiger partial charge on any atom is -0.369 e. The van der Waals surface area contributed by atoms with Gasteiger partial charge in [-0.25, -0.2) is 9.97 Å². The van der Waals surface area contributed by atoms with E-state index in [0.29, 0.717) is 11.6 Å². The van der Waals surface area contributed by atoms with E-state index in [1.54, 1.807) is 15.5 Å². The second-order valence-electron chi connectivity index (χ2n) is 6.62. The van der Waals surface area contributed by atoms with Gasteiger partial charge in [0.25, 0.3) is 0 Å². The van der Waals surface area contributed by atoms with Crippen LogP contribution in [0.5, 0.6) is 0 Å². The maximum atomic E-state index is 4.62. The SMILES string of the molecule is Cc1nnc2ccc(N3CC(CNc4ncnc5nn(C)cc45)C3)nn12. The first-order valence-corrected chi connectivity index (χ1v) is 8.49. The van der Waals surface area contributed by atoms with E-state index in [1.165, 1.54) is 0 Å². The van der Waals surface area contributed by atoms with E-state index < -0.39 is 0 Å². The summed E-state index contributed by atoms with van der Waals surface area (Å²) in [5.41, 5.74) is 1.48. The summed E-state index contributed by atoms with van der Waals surface area (Å²) in [5.74, 6) is 3.12. The third-order valence-electron chi connectivity index (χ3n) is 4.68. The quantitative estimate of drug-likeness (QED) is 0.573. The van der Waals surface area contributed by atoms with Crippen LogP contribution in [0, 0.1) is 12.8 Å². The zero-order valence-electron chi connectivity index (χ0n) is 14.5. The molecule has 0 aliphatic carbocycles. The zero-order valence-corrected chi connectivity index (χ0v) is 14.5. The lowest BCUT2D eigenvalue weighted by Gasteiger charge is -2.40. The van der Waals surface area contributed by atoms with E-state index in [1.807, 2.05) is 32.3 Å². The molecule has 0 unspecified atom stereocenters. The Kier molecular flexibility index (Phi) is 3.24. The Morgan fingerprint density at radius 2 is 2.04 bits per heavy atom. The summed E-state index contributed by atoms with van der Waals surface area (Å²) in [7, 11) is 1.89. The molecule has 0 saturated carbocycles. The normalized spacial score (nSPS) is 14.9. The van der Waals surface area contributed by atoms with Gasteiger partial charge in [0, 0.05) is 38.8 Å². The molecule has 5 heterocycles. The summed E-state index contributed by atoms with van der Waals surface area (Å²) < 4.78 is 3.53. The standard InChI is InChI=1S/C16H18N10/c1-10-20-21-13-3-4-14(22-26(10)13)25-6-11(7-25)5-17-15-12-8-24(2)23-16(12)19-9-18-15/h3-4,8-9,11H,5-7H2,1-2H3,(H,17,18,19,23). The number of hydrogen-bond acceptors (Lipinski definition) is 8. The fraction of sp³-hybridized carbons (Fsp3) is 0.375. The van der Waals surface area contributed by atoms with Crippen LogP contribution < -0.4 is 10.2 Å². The summed E-state index contributed by atoms with van der Waals surface area (Å²) in [6, 6.07) is 3.95. The van der Waals surface area contributed by atoms with E-state index in [9.17, 15) is 0 Å². The monoisotopic (exact) mass is 350 g/mol. The van der Waals surface area contributed by atoms with Crippen molar-refractivity contribution in [2.75, 3.05) is 29.9 Å². The molecular weight excluding hydrogens is 332 g/mol. The average molecular weight is 350 g/mol. The highest BCUT2D eigenvalue weighted by Gasteiger charge is 2.28. The average Bonchev–Trinajstić information content (AvgIpc) is 3.16.